The lowest BCUT2D eigenvalue weighted by atomic mass is 10.1. The van der Waals surface area contributed by atoms with E-state index in [2.05, 4.69) is 32.9 Å². The van der Waals surface area contributed by atoms with E-state index in [9.17, 15) is 18.0 Å². The summed E-state index contributed by atoms with van der Waals surface area (Å²) in [6.45, 7) is 0. The van der Waals surface area contributed by atoms with Gasteiger partial charge in [0, 0.05) is 35.0 Å². The lowest BCUT2D eigenvalue weighted by Crippen LogP contribution is -2.13. The fourth-order valence-corrected chi connectivity index (χ4v) is 2.88. The number of amides is 1. The molecule has 4 aromatic rings. The number of thiol groups is 1. The summed E-state index contributed by atoms with van der Waals surface area (Å²) in [7, 11) is 0. The van der Waals surface area contributed by atoms with Crippen LogP contribution in [0.5, 0.6) is 11.8 Å². The Kier molecular flexibility index (Phi) is 7.34. The summed E-state index contributed by atoms with van der Waals surface area (Å²) in [4.78, 5) is 24.8. The van der Waals surface area contributed by atoms with Crippen molar-refractivity contribution in [2.75, 3.05) is 17.3 Å². The third-order valence-corrected chi connectivity index (χ3v) is 4.26. The van der Waals surface area contributed by atoms with Crippen molar-refractivity contribution in [2.45, 2.75) is 6.18 Å². The van der Waals surface area contributed by atoms with Crippen LogP contribution in [0.2, 0.25) is 0 Å². The summed E-state index contributed by atoms with van der Waals surface area (Å²) in [6.07, 6.45) is -1.37. The maximum absolute atomic E-state index is 12.9. The zero-order valence-electron chi connectivity index (χ0n) is 17.2. The van der Waals surface area contributed by atoms with Gasteiger partial charge in [0.15, 0.2) is 0 Å². The number of pyridine rings is 1. The first-order valence-electron chi connectivity index (χ1n) is 9.39. The van der Waals surface area contributed by atoms with Crippen molar-refractivity contribution in [3.8, 4) is 11.8 Å². The zero-order valence-corrected chi connectivity index (χ0v) is 18.1. The minimum Gasteiger partial charge on any atom is -0.421 e. The van der Waals surface area contributed by atoms with Crippen LogP contribution in [0.25, 0.3) is 10.9 Å². The number of hydrogen-bond donors (Lipinski definition) is 3. The molecule has 2 aromatic carbocycles. The Hall–Kier alpha value is -3.86. The SMILES string of the molecule is CS.Nc1nccc(Oc2ccc3c(C(=O)Nc4cccc(C(F)(F)F)c4)cccc3n2)n1. The van der Waals surface area contributed by atoms with Crippen molar-refractivity contribution < 1.29 is 22.7 Å². The van der Waals surface area contributed by atoms with Gasteiger partial charge < -0.3 is 15.8 Å². The fourth-order valence-electron chi connectivity index (χ4n) is 2.88. The molecule has 0 atom stereocenters. The number of anilines is 2. The van der Waals surface area contributed by atoms with Gasteiger partial charge in [-0.3, -0.25) is 4.79 Å². The zero-order chi connectivity index (χ0) is 24.0. The van der Waals surface area contributed by atoms with Crippen molar-refractivity contribution in [3.05, 3.63) is 78.0 Å². The van der Waals surface area contributed by atoms with E-state index in [1.54, 1.807) is 36.6 Å². The molecule has 11 heteroatoms. The first-order chi connectivity index (χ1) is 15.8. The largest absolute Gasteiger partial charge is 0.421 e. The number of carbonyl (C=O) groups is 1. The van der Waals surface area contributed by atoms with Crippen LogP contribution in [-0.2, 0) is 6.18 Å². The number of fused-ring (bicyclic) bond motifs is 1. The molecule has 33 heavy (non-hydrogen) atoms. The van der Waals surface area contributed by atoms with E-state index >= 15 is 0 Å². The average molecular weight is 473 g/mol. The Morgan fingerprint density at radius 3 is 2.45 bits per heavy atom. The van der Waals surface area contributed by atoms with Crippen molar-refractivity contribution in [1.29, 1.82) is 0 Å². The molecule has 0 aliphatic rings. The van der Waals surface area contributed by atoms with Gasteiger partial charge >= 0.3 is 6.18 Å². The highest BCUT2D eigenvalue weighted by molar-refractivity contribution is 7.79. The number of ether oxygens (including phenoxy) is 1. The second-order valence-electron chi connectivity index (χ2n) is 6.41. The number of carbonyl (C=O) groups excluding carboxylic acids is 1. The molecule has 170 valence electrons. The van der Waals surface area contributed by atoms with Crippen LogP contribution in [0.3, 0.4) is 0 Å². The maximum Gasteiger partial charge on any atom is 0.416 e. The van der Waals surface area contributed by atoms with E-state index in [0.717, 1.165) is 12.1 Å². The van der Waals surface area contributed by atoms with Crippen molar-refractivity contribution in [3.63, 3.8) is 0 Å². The topological polar surface area (TPSA) is 103 Å². The predicted molar refractivity (Wildman–Crippen MR) is 123 cm³/mol. The molecule has 2 aromatic heterocycles. The second-order valence-corrected chi connectivity index (χ2v) is 6.41. The molecule has 0 aliphatic carbocycles. The van der Waals surface area contributed by atoms with Crippen molar-refractivity contribution in [1.82, 2.24) is 15.0 Å². The number of hydrogen-bond acceptors (Lipinski definition) is 7. The van der Waals surface area contributed by atoms with Gasteiger partial charge in [-0.2, -0.15) is 30.8 Å². The van der Waals surface area contributed by atoms with Crippen LogP contribution in [0.15, 0.2) is 66.9 Å². The Balaban J connectivity index is 0.00000149. The third-order valence-electron chi connectivity index (χ3n) is 4.26. The monoisotopic (exact) mass is 473 g/mol. The molecule has 3 N–H and O–H groups in total. The normalized spacial score (nSPS) is 10.8. The molecular weight excluding hydrogens is 455 g/mol. The lowest BCUT2D eigenvalue weighted by molar-refractivity contribution is -0.137. The molecule has 0 fully saturated rings. The van der Waals surface area contributed by atoms with Gasteiger partial charge in [0.25, 0.3) is 5.91 Å². The molecule has 0 bridgehead atoms. The van der Waals surface area contributed by atoms with E-state index < -0.39 is 17.6 Å². The minimum atomic E-state index is -4.51. The highest BCUT2D eigenvalue weighted by Gasteiger charge is 2.30. The standard InChI is InChI=1S/C21H14F3N5O2.CH4S/c22-21(23,24)12-3-1-4-13(11-12)27-19(30)15-5-2-6-16-14(15)7-8-17(28-16)31-18-9-10-26-20(25)29-18;1-2/h1-11H,(H,27,30)(H2,25,26,29);2H,1H3. The first kappa shape index (κ1) is 23.8. The van der Waals surface area contributed by atoms with Crippen LogP contribution in [0.4, 0.5) is 24.8 Å². The highest BCUT2D eigenvalue weighted by Crippen LogP contribution is 2.31. The van der Waals surface area contributed by atoms with Crippen LogP contribution in [-0.4, -0.2) is 27.1 Å². The van der Waals surface area contributed by atoms with Gasteiger partial charge in [0.2, 0.25) is 17.7 Å². The molecule has 7 nitrogen and oxygen atoms in total. The Bertz CT molecular complexity index is 1280. The number of nitrogens with zero attached hydrogens (tertiary/aromatic N) is 3. The molecule has 0 spiro atoms. The van der Waals surface area contributed by atoms with E-state index in [1.165, 1.54) is 24.4 Å². The van der Waals surface area contributed by atoms with E-state index in [4.69, 9.17) is 10.5 Å². The number of nitrogens with two attached hydrogens (primary N) is 1. The van der Waals surface area contributed by atoms with E-state index in [1.807, 2.05) is 0 Å². The number of nitrogen functional groups attached to an aromatic ring is 1. The summed E-state index contributed by atoms with van der Waals surface area (Å²) in [5, 5.41) is 3.00. The molecular formula is C22H18F3N5O2S. The van der Waals surface area contributed by atoms with Gasteiger partial charge in [-0.05, 0) is 42.7 Å². The number of aromatic nitrogens is 3. The van der Waals surface area contributed by atoms with Crippen LogP contribution in [0.1, 0.15) is 15.9 Å². The van der Waals surface area contributed by atoms with Gasteiger partial charge in [-0.25, -0.2) is 9.97 Å². The van der Waals surface area contributed by atoms with Crippen LogP contribution < -0.4 is 15.8 Å². The Morgan fingerprint density at radius 2 is 1.73 bits per heavy atom. The number of benzene rings is 2. The molecule has 1 amide bonds. The molecule has 2 heterocycles. The summed E-state index contributed by atoms with van der Waals surface area (Å²) < 4.78 is 44.3. The average Bonchev–Trinajstić information content (AvgIpc) is 2.79. The van der Waals surface area contributed by atoms with Crippen LogP contribution in [0, 0.1) is 0 Å². The summed E-state index contributed by atoms with van der Waals surface area (Å²) >= 11 is 3.53. The molecule has 0 saturated heterocycles. The molecule has 0 unspecified atom stereocenters. The van der Waals surface area contributed by atoms with Crippen molar-refractivity contribution in [2.24, 2.45) is 0 Å². The number of alkyl halides is 3. The van der Waals surface area contributed by atoms with Crippen LogP contribution >= 0.6 is 12.6 Å². The summed E-state index contributed by atoms with van der Waals surface area (Å²) in [5.74, 6) is -0.0883. The van der Waals surface area contributed by atoms with Gasteiger partial charge in [-0.1, -0.05) is 12.1 Å². The maximum atomic E-state index is 12.9. The quantitative estimate of drug-likeness (QED) is 0.352. The van der Waals surface area contributed by atoms with E-state index in [0.29, 0.717) is 10.9 Å². The van der Waals surface area contributed by atoms with Gasteiger partial charge in [-0.15, -0.1) is 0 Å². The first-order valence-corrected chi connectivity index (χ1v) is 10.3. The van der Waals surface area contributed by atoms with E-state index in [-0.39, 0.29) is 29.0 Å². The minimum absolute atomic E-state index is 0.0334. The second kappa shape index (κ2) is 10.2. The Morgan fingerprint density at radius 1 is 1.00 bits per heavy atom. The highest BCUT2D eigenvalue weighted by atomic mass is 32.1. The smallest absolute Gasteiger partial charge is 0.416 e. The number of nitrogens with one attached hydrogen (secondary N) is 1. The van der Waals surface area contributed by atoms with Crippen molar-refractivity contribution >= 4 is 41.1 Å². The lowest BCUT2D eigenvalue weighted by Gasteiger charge is -2.11. The number of halogens is 3. The molecule has 4 rings (SSSR count). The third kappa shape index (κ3) is 5.89. The van der Waals surface area contributed by atoms with Gasteiger partial charge in [0.05, 0.1) is 11.1 Å². The summed E-state index contributed by atoms with van der Waals surface area (Å²) in [6, 6.07) is 14.0. The molecule has 0 radical (unpaired) electrons. The number of rotatable bonds is 4. The Labute approximate surface area is 192 Å². The summed E-state index contributed by atoms with van der Waals surface area (Å²) in [5.41, 5.74) is 5.41. The molecule has 0 saturated carbocycles. The molecule has 0 aliphatic heterocycles. The predicted octanol–water partition coefficient (Wildman–Crippen LogP) is 5.22. The van der Waals surface area contributed by atoms with Gasteiger partial charge in [0.1, 0.15) is 0 Å². The fraction of sp³-hybridized carbons (Fsp3) is 0.0909.